The second-order valence-electron chi connectivity index (χ2n) is 7.92. The van der Waals surface area contributed by atoms with Crippen LogP contribution < -0.4 is 5.32 Å². The quantitative estimate of drug-likeness (QED) is 0.606. The second kappa shape index (κ2) is 9.66. The Kier molecular flexibility index (Phi) is 6.73. The summed E-state index contributed by atoms with van der Waals surface area (Å²) in [5.41, 5.74) is 1.97. The van der Waals surface area contributed by atoms with Gasteiger partial charge >= 0.3 is 0 Å². The molecule has 1 unspecified atom stereocenters. The molecular weight excluding hydrogens is 412 g/mol. The Morgan fingerprint density at radius 2 is 1.71 bits per heavy atom. The summed E-state index contributed by atoms with van der Waals surface area (Å²) in [6.07, 6.45) is 4.15. The van der Waals surface area contributed by atoms with Crippen molar-refractivity contribution < 1.29 is 17.9 Å². The van der Waals surface area contributed by atoms with Crippen molar-refractivity contribution in [2.45, 2.75) is 38.2 Å². The fraction of sp³-hybridized carbons (Fsp3) is 0.375. The molecule has 164 valence electrons. The summed E-state index contributed by atoms with van der Waals surface area (Å²) in [7, 11) is -3.93. The van der Waals surface area contributed by atoms with Gasteiger partial charge in [0.15, 0.2) is 0 Å². The van der Waals surface area contributed by atoms with Gasteiger partial charge in [-0.2, -0.15) is 0 Å². The van der Waals surface area contributed by atoms with Crippen LogP contribution in [-0.4, -0.2) is 44.4 Å². The number of carbonyl (C=O) groups is 1. The molecular formula is C24H28N2O4S. The third kappa shape index (κ3) is 4.83. The molecule has 0 spiro atoms. The van der Waals surface area contributed by atoms with Crippen LogP contribution in [0.15, 0.2) is 66.4 Å². The van der Waals surface area contributed by atoms with E-state index < -0.39 is 15.9 Å². The van der Waals surface area contributed by atoms with Crippen molar-refractivity contribution >= 4 is 20.8 Å². The van der Waals surface area contributed by atoms with Gasteiger partial charge in [-0.05, 0) is 43.2 Å². The lowest BCUT2D eigenvalue weighted by Gasteiger charge is -2.20. The Balaban J connectivity index is 1.49. The van der Waals surface area contributed by atoms with Crippen LogP contribution in [0.5, 0.6) is 0 Å². The number of hydrogen-bond donors (Lipinski definition) is 1. The van der Waals surface area contributed by atoms with Gasteiger partial charge < -0.3 is 10.1 Å². The Labute approximate surface area is 184 Å². The number of nitrogens with one attached hydrogen (secondary N) is 1. The van der Waals surface area contributed by atoms with E-state index in [1.54, 1.807) is 24.3 Å². The van der Waals surface area contributed by atoms with E-state index in [9.17, 15) is 13.2 Å². The minimum absolute atomic E-state index is 0.0662. The summed E-state index contributed by atoms with van der Waals surface area (Å²) < 4.78 is 33.2. The molecule has 1 amide bonds. The van der Waals surface area contributed by atoms with Crippen molar-refractivity contribution in [1.29, 1.82) is 0 Å². The minimum atomic E-state index is -3.93. The molecule has 4 rings (SSSR count). The van der Waals surface area contributed by atoms with E-state index in [0.717, 1.165) is 36.4 Å². The molecule has 1 N–H and O–H groups in total. The van der Waals surface area contributed by atoms with Crippen molar-refractivity contribution in [3.05, 3.63) is 77.5 Å². The molecule has 0 aliphatic carbocycles. The molecule has 2 aromatic carbocycles. The van der Waals surface area contributed by atoms with Gasteiger partial charge in [-0.1, -0.05) is 60.7 Å². The summed E-state index contributed by atoms with van der Waals surface area (Å²) >= 11 is 0. The van der Waals surface area contributed by atoms with Crippen molar-refractivity contribution in [2.75, 3.05) is 19.7 Å². The highest BCUT2D eigenvalue weighted by atomic mass is 32.2. The monoisotopic (exact) mass is 440 g/mol. The van der Waals surface area contributed by atoms with Gasteiger partial charge in [0, 0.05) is 13.2 Å². The summed E-state index contributed by atoms with van der Waals surface area (Å²) in [5.74, 6) is -0.489. The average Bonchev–Trinajstić information content (AvgIpc) is 3.36. The zero-order valence-electron chi connectivity index (χ0n) is 17.5. The van der Waals surface area contributed by atoms with E-state index >= 15 is 0 Å². The first kappa shape index (κ1) is 21.6. The van der Waals surface area contributed by atoms with Gasteiger partial charge in [0.1, 0.15) is 10.6 Å². The van der Waals surface area contributed by atoms with Crippen LogP contribution in [0.3, 0.4) is 0 Å². The Morgan fingerprint density at radius 1 is 1.00 bits per heavy atom. The first-order valence-electron chi connectivity index (χ1n) is 10.8. The first-order valence-corrected chi connectivity index (χ1v) is 12.3. The van der Waals surface area contributed by atoms with Crippen LogP contribution in [0.25, 0.3) is 4.91 Å². The molecule has 0 aromatic heterocycles. The fourth-order valence-electron chi connectivity index (χ4n) is 4.08. The fourth-order valence-corrected chi connectivity index (χ4v) is 5.82. The van der Waals surface area contributed by atoms with Gasteiger partial charge in [0.2, 0.25) is 0 Å². The third-order valence-electron chi connectivity index (χ3n) is 5.68. The van der Waals surface area contributed by atoms with Crippen LogP contribution in [0, 0.1) is 0 Å². The van der Waals surface area contributed by atoms with E-state index in [4.69, 9.17) is 4.74 Å². The standard InChI is InChI=1S/C24H28N2O4S/c27-24-22(25-16-8-7-12-19-10-3-1-4-11-19)23(20-13-5-2-6-14-20)31(28,29)26(24)18-21-15-9-17-30-21/h1-6,10-11,13-14,21,25H,7-9,12,15-18H2. The molecule has 7 heteroatoms. The second-order valence-corrected chi connectivity index (χ2v) is 9.72. The number of aryl methyl sites for hydroxylation is 1. The summed E-state index contributed by atoms with van der Waals surface area (Å²) in [6, 6.07) is 19.1. The molecule has 1 atom stereocenters. The normalized spacial score (nSPS) is 20.5. The predicted octanol–water partition coefficient (Wildman–Crippen LogP) is 3.32. The third-order valence-corrected chi connectivity index (χ3v) is 7.53. The molecule has 0 radical (unpaired) electrons. The molecule has 2 aliphatic rings. The number of carbonyl (C=O) groups excluding carboxylic acids is 1. The number of rotatable bonds is 9. The van der Waals surface area contributed by atoms with Gasteiger partial charge in [0.25, 0.3) is 15.9 Å². The van der Waals surface area contributed by atoms with Crippen LogP contribution in [0.2, 0.25) is 0 Å². The number of ether oxygens (including phenoxy) is 1. The van der Waals surface area contributed by atoms with Crippen molar-refractivity contribution in [3.8, 4) is 0 Å². The zero-order chi connectivity index (χ0) is 21.7. The first-order chi connectivity index (χ1) is 15.1. The maximum Gasteiger partial charge on any atom is 0.285 e. The van der Waals surface area contributed by atoms with Crippen LogP contribution in [-0.2, 0) is 26.0 Å². The number of unbranched alkanes of at least 4 members (excludes halogenated alkanes) is 1. The molecule has 2 aromatic rings. The van der Waals surface area contributed by atoms with Gasteiger partial charge in [0.05, 0.1) is 12.6 Å². The lowest BCUT2D eigenvalue weighted by molar-refractivity contribution is -0.123. The van der Waals surface area contributed by atoms with E-state index in [1.165, 1.54) is 5.56 Å². The van der Waals surface area contributed by atoms with Crippen molar-refractivity contribution in [2.24, 2.45) is 0 Å². The van der Waals surface area contributed by atoms with Gasteiger partial charge in [-0.3, -0.25) is 4.79 Å². The smallest absolute Gasteiger partial charge is 0.285 e. The molecule has 1 saturated heterocycles. The number of sulfonamides is 1. The van der Waals surface area contributed by atoms with Crippen LogP contribution in [0.1, 0.15) is 36.8 Å². The van der Waals surface area contributed by atoms with Crippen molar-refractivity contribution in [3.63, 3.8) is 0 Å². The maximum atomic E-state index is 13.3. The SMILES string of the molecule is O=C1C(NCCCCc2ccccc2)=C(c2ccccc2)S(=O)(=O)N1CC1CCCO1. The Bertz CT molecular complexity index is 1030. The zero-order valence-corrected chi connectivity index (χ0v) is 18.3. The Morgan fingerprint density at radius 3 is 2.39 bits per heavy atom. The largest absolute Gasteiger partial charge is 0.379 e. The summed E-state index contributed by atoms with van der Waals surface area (Å²) in [6.45, 7) is 1.21. The molecule has 2 aliphatic heterocycles. The molecule has 2 heterocycles. The topological polar surface area (TPSA) is 75.7 Å². The van der Waals surface area contributed by atoms with E-state index in [1.807, 2.05) is 24.3 Å². The highest BCUT2D eigenvalue weighted by Gasteiger charge is 2.45. The Hall–Kier alpha value is -2.64. The highest BCUT2D eigenvalue weighted by molar-refractivity contribution is 7.99. The number of hydrogen-bond acceptors (Lipinski definition) is 5. The molecule has 1 fully saturated rings. The molecule has 6 nitrogen and oxygen atoms in total. The number of nitrogens with zero attached hydrogens (tertiary/aromatic N) is 1. The minimum Gasteiger partial charge on any atom is -0.379 e. The summed E-state index contributed by atoms with van der Waals surface area (Å²) in [4.78, 5) is 13.2. The van der Waals surface area contributed by atoms with Crippen molar-refractivity contribution in [1.82, 2.24) is 9.62 Å². The van der Waals surface area contributed by atoms with E-state index in [0.29, 0.717) is 18.7 Å². The summed E-state index contributed by atoms with van der Waals surface area (Å²) in [5, 5.41) is 3.15. The van der Waals surface area contributed by atoms with E-state index in [-0.39, 0.29) is 23.3 Å². The van der Waals surface area contributed by atoms with Gasteiger partial charge in [-0.15, -0.1) is 0 Å². The van der Waals surface area contributed by atoms with E-state index in [2.05, 4.69) is 17.4 Å². The highest BCUT2D eigenvalue weighted by Crippen LogP contribution is 2.35. The predicted molar refractivity (Wildman–Crippen MR) is 120 cm³/mol. The molecule has 0 bridgehead atoms. The molecule has 0 saturated carbocycles. The molecule has 31 heavy (non-hydrogen) atoms. The average molecular weight is 441 g/mol. The number of amides is 1. The lowest BCUT2D eigenvalue weighted by Crippen LogP contribution is -2.39. The van der Waals surface area contributed by atoms with Gasteiger partial charge in [-0.25, -0.2) is 12.7 Å². The lowest BCUT2D eigenvalue weighted by atomic mass is 10.1. The maximum absolute atomic E-state index is 13.3. The van der Waals surface area contributed by atoms with Crippen LogP contribution in [0.4, 0.5) is 0 Å². The number of benzene rings is 2. The van der Waals surface area contributed by atoms with Crippen LogP contribution >= 0.6 is 0 Å².